The van der Waals surface area contributed by atoms with Crippen molar-refractivity contribution in [1.82, 2.24) is 5.32 Å². The summed E-state index contributed by atoms with van der Waals surface area (Å²) >= 11 is 6.01. The number of nitrogens with zero attached hydrogens (tertiary/aromatic N) is 1. The van der Waals surface area contributed by atoms with Crippen LogP contribution >= 0.6 is 11.6 Å². The molecule has 120 valence electrons. The Balaban J connectivity index is 2.74. The summed E-state index contributed by atoms with van der Waals surface area (Å²) in [5, 5.41) is 15.5. The summed E-state index contributed by atoms with van der Waals surface area (Å²) in [7, 11) is 1.82. The molecule has 0 aromatic heterocycles. The molecule has 1 unspecified atom stereocenters. The summed E-state index contributed by atoms with van der Waals surface area (Å²) < 4.78 is 5.34. The summed E-state index contributed by atoms with van der Waals surface area (Å²) in [4.78, 5) is 11.9. The molecule has 0 bridgehead atoms. The normalized spacial score (nSPS) is 12.4. The number of esters is 1. The highest BCUT2D eigenvalue weighted by Crippen LogP contribution is 2.21. The molecule has 1 aromatic carbocycles. The standard InChI is InChI=1S/C16H22ClN3O2/c1-16(2,3)22-15(21)8-13(10-19-4)20-12-6-5-11(9-18)14(17)7-12/h5-7,13,19-20H,8,10H2,1-4H3. The number of carbonyl (C=O) groups excluding carboxylic acids is 1. The molecule has 22 heavy (non-hydrogen) atoms. The van der Waals surface area contributed by atoms with E-state index >= 15 is 0 Å². The van der Waals surface area contributed by atoms with Gasteiger partial charge in [-0.1, -0.05) is 11.6 Å². The van der Waals surface area contributed by atoms with Crippen molar-refractivity contribution < 1.29 is 9.53 Å². The van der Waals surface area contributed by atoms with E-state index in [0.717, 1.165) is 5.69 Å². The van der Waals surface area contributed by atoms with Gasteiger partial charge < -0.3 is 15.4 Å². The van der Waals surface area contributed by atoms with E-state index in [1.165, 1.54) is 0 Å². The summed E-state index contributed by atoms with van der Waals surface area (Å²) in [6, 6.07) is 6.97. The van der Waals surface area contributed by atoms with Gasteiger partial charge in [-0.25, -0.2) is 0 Å². The van der Waals surface area contributed by atoms with Gasteiger partial charge in [0.2, 0.25) is 0 Å². The van der Waals surface area contributed by atoms with E-state index < -0.39 is 5.60 Å². The van der Waals surface area contributed by atoms with E-state index in [-0.39, 0.29) is 18.4 Å². The second-order valence-corrected chi connectivity index (χ2v) is 6.40. The minimum atomic E-state index is -0.501. The highest BCUT2D eigenvalue weighted by molar-refractivity contribution is 6.32. The van der Waals surface area contributed by atoms with E-state index in [9.17, 15) is 4.79 Å². The van der Waals surface area contributed by atoms with E-state index in [1.54, 1.807) is 18.2 Å². The van der Waals surface area contributed by atoms with Crippen molar-refractivity contribution in [3.8, 4) is 6.07 Å². The van der Waals surface area contributed by atoms with Crippen molar-refractivity contribution in [2.75, 3.05) is 18.9 Å². The molecule has 1 atom stereocenters. The van der Waals surface area contributed by atoms with Gasteiger partial charge in [0.05, 0.1) is 17.0 Å². The second-order valence-electron chi connectivity index (χ2n) is 6.00. The zero-order chi connectivity index (χ0) is 16.8. The number of likely N-dealkylation sites (N-methyl/N-ethyl adjacent to an activating group) is 1. The first kappa shape index (κ1) is 18.3. The molecular formula is C16H22ClN3O2. The lowest BCUT2D eigenvalue weighted by Gasteiger charge is -2.23. The minimum Gasteiger partial charge on any atom is -0.460 e. The summed E-state index contributed by atoms with van der Waals surface area (Å²) in [6.07, 6.45) is 0.232. The topological polar surface area (TPSA) is 74.2 Å². The predicted molar refractivity (Wildman–Crippen MR) is 88.0 cm³/mol. The largest absolute Gasteiger partial charge is 0.460 e. The number of carbonyl (C=O) groups is 1. The van der Waals surface area contributed by atoms with Gasteiger partial charge in [-0.15, -0.1) is 0 Å². The van der Waals surface area contributed by atoms with Crippen LogP contribution in [0.4, 0.5) is 5.69 Å². The van der Waals surface area contributed by atoms with Crippen molar-refractivity contribution in [3.63, 3.8) is 0 Å². The number of nitrogens with one attached hydrogen (secondary N) is 2. The fourth-order valence-corrected chi connectivity index (χ4v) is 2.16. The molecule has 0 saturated carbocycles. The maximum Gasteiger partial charge on any atom is 0.308 e. The summed E-state index contributed by atoms with van der Waals surface area (Å²) in [5.41, 5.74) is 0.677. The number of hydrogen-bond donors (Lipinski definition) is 2. The summed E-state index contributed by atoms with van der Waals surface area (Å²) in [6.45, 7) is 6.11. The highest BCUT2D eigenvalue weighted by Gasteiger charge is 2.20. The van der Waals surface area contributed by atoms with Gasteiger partial charge in [0.25, 0.3) is 0 Å². The van der Waals surface area contributed by atoms with Crippen molar-refractivity contribution in [2.45, 2.75) is 38.8 Å². The Morgan fingerprint density at radius 2 is 2.14 bits per heavy atom. The number of nitriles is 1. The Labute approximate surface area is 136 Å². The molecule has 0 spiro atoms. The van der Waals surface area contributed by atoms with E-state index in [2.05, 4.69) is 10.6 Å². The second kappa shape index (κ2) is 8.02. The van der Waals surface area contributed by atoms with Gasteiger partial charge >= 0.3 is 5.97 Å². The lowest BCUT2D eigenvalue weighted by molar-refractivity contribution is -0.155. The van der Waals surface area contributed by atoms with Crippen LogP contribution in [0.15, 0.2) is 18.2 Å². The Bertz CT molecular complexity index is 561. The predicted octanol–water partition coefficient (Wildman–Crippen LogP) is 2.94. The number of ether oxygens (including phenoxy) is 1. The van der Waals surface area contributed by atoms with Crippen molar-refractivity contribution >= 4 is 23.3 Å². The number of hydrogen-bond acceptors (Lipinski definition) is 5. The molecule has 5 nitrogen and oxygen atoms in total. The highest BCUT2D eigenvalue weighted by atomic mass is 35.5. The number of benzene rings is 1. The van der Waals surface area contributed by atoms with Crippen LogP contribution in [0.25, 0.3) is 0 Å². The lowest BCUT2D eigenvalue weighted by atomic mass is 10.1. The van der Waals surface area contributed by atoms with Gasteiger partial charge in [-0.05, 0) is 46.0 Å². The number of halogens is 1. The maximum absolute atomic E-state index is 11.9. The van der Waals surface area contributed by atoms with Gasteiger partial charge in [-0.3, -0.25) is 4.79 Å². The third-order valence-electron chi connectivity index (χ3n) is 2.74. The molecule has 0 saturated heterocycles. The van der Waals surface area contributed by atoms with Crippen LogP contribution in [0.1, 0.15) is 32.8 Å². The average Bonchev–Trinajstić information content (AvgIpc) is 2.36. The molecule has 0 radical (unpaired) electrons. The minimum absolute atomic E-state index is 0.135. The number of anilines is 1. The Hall–Kier alpha value is -1.77. The van der Waals surface area contributed by atoms with Crippen LogP contribution in [0.5, 0.6) is 0 Å². The molecule has 1 aromatic rings. The molecule has 0 aliphatic rings. The van der Waals surface area contributed by atoms with Gasteiger partial charge in [0.15, 0.2) is 0 Å². The third-order valence-corrected chi connectivity index (χ3v) is 3.06. The van der Waals surface area contributed by atoms with Gasteiger partial charge in [-0.2, -0.15) is 5.26 Å². The smallest absolute Gasteiger partial charge is 0.308 e. The van der Waals surface area contributed by atoms with Gasteiger partial charge in [0.1, 0.15) is 11.7 Å². The first-order valence-corrected chi connectivity index (χ1v) is 7.45. The fourth-order valence-electron chi connectivity index (χ4n) is 1.94. The molecule has 0 heterocycles. The Morgan fingerprint density at radius 1 is 1.45 bits per heavy atom. The fraction of sp³-hybridized carbons (Fsp3) is 0.500. The number of rotatable bonds is 6. The van der Waals surface area contributed by atoms with Crippen LogP contribution < -0.4 is 10.6 Å². The summed E-state index contributed by atoms with van der Waals surface area (Å²) in [5.74, 6) is -0.264. The first-order chi connectivity index (χ1) is 10.2. The van der Waals surface area contributed by atoms with Gasteiger partial charge in [0, 0.05) is 18.3 Å². The molecule has 6 heteroatoms. The Morgan fingerprint density at radius 3 is 2.64 bits per heavy atom. The molecule has 1 rings (SSSR count). The first-order valence-electron chi connectivity index (χ1n) is 7.08. The third kappa shape index (κ3) is 6.33. The van der Waals surface area contributed by atoms with E-state index in [4.69, 9.17) is 21.6 Å². The van der Waals surface area contributed by atoms with Crippen molar-refractivity contribution in [1.29, 1.82) is 5.26 Å². The van der Waals surface area contributed by atoms with Crippen LogP contribution in [0.3, 0.4) is 0 Å². The molecule has 0 aliphatic heterocycles. The molecular weight excluding hydrogens is 302 g/mol. The maximum atomic E-state index is 11.9. The zero-order valence-corrected chi connectivity index (χ0v) is 14.1. The molecule has 2 N–H and O–H groups in total. The quantitative estimate of drug-likeness (QED) is 0.787. The van der Waals surface area contributed by atoms with Crippen molar-refractivity contribution in [2.24, 2.45) is 0 Å². The van der Waals surface area contributed by atoms with E-state index in [1.807, 2.05) is 33.9 Å². The van der Waals surface area contributed by atoms with Crippen LogP contribution in [0, 0.1) is 11.3 Å². The SMILES string of the molecule is CNCC(CC(=O)OC(C)(C)C)Nc1ccc(C#N)c(Cl)c1. The average molecular weight is 324 g/mol. The molecule has 0 fully saturated rings. The zero-order valence-electron chi connectivity index (χ0n) is 13.4. The van der Waals surface area contributed by atoms with Crippen LogP contribution in [0.2, 0.25) is 5.02 Å². The molecule has 0 amide bonds. The van der Waals surface area contributed by atoms with Crippen molar-refractivity contribution in [3.05, 3.63) is 28.8 Å². The molecule has 0 aliphatic carbocycles. The van der Waals surface area contributed by atoms with E-state index in [0.29, 0.717) is 17.1 Å². The van der Waals surface area contributed by atoms with Crippen LogP contribution in [-0.4, -0.2) is 31.2 Å². The monoisotopic (exact) mass is 323 g/mol. The lowest BCUT2D eigenvalue weighted by Crippen LogP contribution is -2.35. The Kier molecular flexibility index (Phi) is 6.66. The van der Waals surface area contributed by atoms with Crippen LogP contribution in [-0.2, 0) is 9.53 Å².